The number of nitrogens with zero attached hydrogens (tertiary/aromatic N) is 1. The van der Waals surface area contributed by atoms with Gasteiger partial charge in [-0.15, -0.1) is 12.4 Å². The number of benzene rings is 1. The third-order valence-corrected chi connectivity index (χ3v) is 4.27. The van der Waals surface area contributed by atoms with Crippen molar-refractivity contribution in [2.45, 2.75) is 25.3 Å². The molecule has 0 aromatic heterocycles. The molecule has 116 valence electrons. The molecule has 1 aliphatic heterocycles. The van der Waals surface area contributed by atoms with E-state index in [1.807, 2.05) is 11.8 Å². The van der Waals surface area contributed by atoms with Gasteiger partial charge in [-0.3, -0.25) is 4.79 Å². The quantitative estimate of drug-likeness (QED) is 0.908. The lowest BCUT2D eigenvalue weighted by Crippen LogP contribution is -2.52. The highest BCUT2D eigenvalue weighted by Gasteiger charge is 2.48. The molecule has 3 nitrogen and oxygen atoms in total. The van der Waals surface area contributed by atoms with Gasteiger partial charge in [0.05, 0.1) is 0 Å². The van der Waals surface area contributed by atoms with Gasteiger partial charge in [0, 0.05) is 31.6 Å². The van der Waals surface area contributed by atoms with E-state index in [1.165, 1.54) is 6.07 Å². The van der Waals surface area contributed by atoms with Crippen LogP contribution in [0.25, 0.3) is 0 Å². The standard InChI is InChI=1S/C15H18F2N2O.ClH/c1-9-8-18-5-6-19(9)15(20)12-7-11(12)10-3-2-4-13(16)14(10)17;/h2-4,9,11-12,18H,5-8H2,1H3;1H. The molecule has 3 atom stereocenters. The molecule has 2 aliphatic rings. The molecule has 2 fully saturated rings. The highest BCUT2D eigenvalue weighted by atomic mass is 35.5. The first-order chi connectivity index (χ1) is 9.59. The smallest absolute Gasteiger partial charge is 0.226 e. The fourth-order valence-corrected chi connectivity index (χ4v) is 3.00. The van der Waals surface area contributed by atoms with Gasteiger partial charge in [-0.05, 0) is 30.9 Å². The van der Waals surface area contributed by atoms with Crippen molar-refractivity contribution in [1.82, 2.24) is 10.2 Å². The number of carbonyl (C=O) groups is 1. The highest BCUT2D eigenvalue weighted by molar-refractivity contribution is 5.85. The molecule has 1 heterocycles. The molecule has 0 spiro atoms. The molecule has 1 saturated heterocycles. The monoisotopic (exact) mass is 316 g/mol. The molecule has 0 bridgehead atoms. The maximum atomic E-state index is 13.7. The van der Waals surface area contributed by atoms with Crippen LogP contribution in [0.2, 0.25) is 0 Å². The van der Waals surface area contributed by atoms with Crippen LogP contribution in [-0.2, 0) is 4.79 Å². The van der Waals surface area contributed by atoms with E-state index in [2.05, 4.69) is 5.32 Å². The Labute approximate surface area is 129 Å². The summed E-state index contributed by atoms with van der Waals surface area (Å²) in [5.41, 5.74) is 0.339. The number of nitrogens with one attached hydrogen (secondary N) is 1. The summed E-state index contributed by atoms with van der Waals surface area (Å²) >= 11 is 0. The van der Waals surface area contributed by atoms with Crippen molar-refractivity contribution in [3.63, 3.8) is 0 Å². The number of amides is 1. The third-order valence-electron chi connectivity index (χ3n) is 4.27. The summed E-state index contributed by atoms with van der Waals surface area (Å²) in [7, 11) is 0. The first-order valence-corrected chi connectivity index (χ1v) is 7.04. The van der Waals surface area contributed by atoms with Crippen LogP contribution >= 0.6 is 12.4 Å². The summed E-state index contributed by atoms with van der Waals surface area (Å²) in [5.74, 6) is -1.92. The van der Waals surface area contributed by atoms with Crippen LogP contribution < -0.4 is 5.32 Å². The molecule has 0 radical (unpaired) electrons. The van der Waals surface area contributed by atoms with Crippen molar-refractivity contribution in [1.29, 1.82) is 0 Å². The second kappa shape index (κ2) is 6.28. The molecule has 1 aliphatic carbocycles. The number of hydrogen-bond acceptors (Lipinski definition) is 2. The normalized spacial score (nSPS) is 28.0. The van der Waals surface area contributed by atoms with Crippen LogP contribution in [-0.4, -0.2) is 36.5 Å². The van der Waals surface area contributed by atoms with E-state index < -0.39 is 11.6 Å². The van der Waals surface area contributed by atoms with Crippen molar-refractivity contribution in [3.05, 3.63) is 35.4 Å². The summed E-state index contributed by atoms with van der Waals surface area (Å²) in [6, 6.07) is 4.35. The zero-order chi connectivity index (χ0) is 14.3. The molecule has 1 aromatic carbocycles. The molecular weight excluding hydrogens is 298 g/mol. The fourth-order valence-electron chi connectivity index (χ4n) is 3.00. The molecule has 1 amide bonds. The minimum absolute atomic E-state index is 0. The molecule has 1 saturated carbocycles. The predicted octanol–water partition coefficient (Wildman–Crippen LogP) is 2.31. The van der Waals surface area contributed by atoms with Crippen molar-refractivity contribution in [2.75, 3.05) is 19.6 Å². The molecular formula is C15H19ClF2N2O. The largest absolute Gasteiger partial charge is 0.337 e. The Morgan fingerprint density at radius 1 is 1.38 bits per heavy atom. The van der Waals surface area contributed by atoms with Crippen molar-refractivity contribution in [3.8, 4) is 0 Å². The molecule has 1 N–H and O–H groups in total. The van der Waals surface area contributed by atoms with Gasteiger partial charge in [0.15, 0.2) is 11.6 Å². The average Bonchev–Trinajstić information content (AvgIpc) is 3.22. The van der Waals surface area contributed by atoms with Gasteiger partial charge in [0.2, 0.25) is 5.91 Å². The van der Waals surface area contributed by atoms with E-state index in [0.717, 1.165) is 19.2 Å². The van der Waals surface area contributed by atoms with Gasteiger partial charge >= 0.3 is 0 Å². The lowest BCUT2D eigenvalue weighted by Gasteiger charge is -2.34. The molecule has 3 rings (SSSR count). The zero-order valence-electron chi connectivity index (χ0n) is 11.8. The molecule has 21 heavy (non-hydrogen) atoms. The van der Waals surface area contributed by atoms with Gasteiger partial charge < -0.3 is 10.2 Å². The Morgan fingerprint density at radius 3 is 2.86 bits per heavy atom. The maximum Gasteiger partial charge on any atom is 0.226 e. The first kappa shape index (κ1) is 16.2. The van der Waals surface area contributed by atoms with E-state index in [9.17, 15) is 13.6 Å². The Bertz CT molecular complexity index is 540. The van der Waals surface area contributed by atoms with E-state index in [-0.39, 0.29) is 36.2 Å². The van der Waals surface area contributed by atoms with Crippen LogP contribution in [0.5, 0.6) is 0 Å². The summed E-state index contributed by atoms with van der Waals surface area (Å²) in [4.78, 5) is 14.3. The summed E-state index contributed by atoms with van der Waals surface area (Å²) in [6.45, 7) is 4.28. The zero-order valence-corrected chi connectivity index (χ0v) is 12.6. The van der Waals surface area contributed by atoms with E-state index in [0.29, 0.717) is 18.5 Å². The minimum atomic E-state index is -0.837. The van der Waals surface area contributed by atoms with Gasteiger partial charge in [-0.2, -0.15) is 0 Å². The van der Waals surface area contributed by atoms with Gasteiger partial charge in [-0.25, -0.2) is 8.78 Å². The van der Waals surface area contributed by atoms with Crippen LogP contribution in [0.3, 0.4) is 0 Å². The van der Waals surface area contributed by atoms with Crippen LogP contribution in [0.1, 0.15) is 24.8 Å². The van der Waals surface area contributed by atoms with Crippen LogP contribution in [0.4, 0.5) is 8.78 Å². The molecule has 1 aromatic rings. The Kier molecular flexibility index (Phi) is 4.84. The second-order valence-electron chi connectivity index (χ2n) is 5.68. The van der Waals surface area contributed by atoms with E-state index in [4.69, 9.17) is 0 Å². The third kappa shape index (κ3) is 3.04. The maximum absolute atomic E-state index is 13.7. The van der Waals surface area contributed by atoms with E-state index in [1.54, 1.807) is 6.07 Å². The van der Waals surface area contributed by atoms with Crippen LogP contribution in [0, 0.1) is 17.6 Å². The summed E-state index contributed by atoms with van der Waals surface area (Å²) < 4.78 is 27.0. The number of piperazine rings is 1. The SMILES string of the molecule is CC1CNCCN1C(=O)C1CC1c1cccc(F)c1F.Cl. The number of hydrogen-bond donors (Lipinski definition) is 1. The van der Waals surface area contributed by atoms with Gasteiger partial charge in [0.25, 0.3) is 0 Å². The fraction of sp³-hybridized carbons (Fsp3) is 0.533. The summed E-state index contributed by atoms with van der Waals surface area (Å²) in [5, 5.41) is 3.23. The lowest BCUT2D eigenvalue weighted by atomic mass is 10.1. The summed E-state index contributed by atoms with van der Waals surface area (Å²) in [6.07, 6.45) is 0.621. The second-order valence-corrected chi connectivity index (χ2v) is 5.68. The topological polar surface area (TPSA) is 32.3 Å². The number of halogens is 3. The predicted molar refractivity (Wildman–Crippen MR) is 78.5 cm³/mol. The first-order valence-electron chi connectivity index (χ1n) is 7.04. The van der Waals surface area contributed by atoms with Crippen LogP contribution in [0.15, 0.2) is 18.2 Å². The average molecular weight is 317 g/mol. The van der Waals surface area contributed by atoms with Crippen molar-refractivity contribution in [2.24, 2.45) is 5.92 Å². The van der Waals surface area contributed by atoms with Crippen molar-refractivity contribution < 1.29 is 13.6 Å². The van der Waals surface area contributed by atoms with Gasteiger partial charge in [-0.1, -0.05) is 12.1 Å². The minimum Gasteiger partial charge on any atom is -0.337 e. The Balaban J connectivity index is 0.00000161. The van der Waals surface area contributed by atoms with Crippen molar-refractivity contribution >= 4 is 18.3 Å². The Morgan fingerprint density at radius 2 is 2.14 bits per heavy atom. The molecule has 6 heteroatoms. The highest BCUT2D eigenvalue weighted by Crippen LogP contribution is 2.49. The number of carbonyl (C=O) groups excluding carboxylic acids is 1. The van der Waals surface area contributed by atoms with Gasteiger partial charge in [0.1, 0.15) is 0 Å². The lowest BCUT2D eigenvalue weighted by molar-refractivity contribution is -0.135. The Hall–Kier alpha value is -1.20. The number of rotatable bonds is 2. The molecule has 3 unspecified atom stereocenters. The van der Waals surface area contributed by atoms with E-state index >= 15 is 0 Å².